The van der Waals surface area contributed by atoms with E-state index < -0.39 is 0 Å². The SMILES string of the molecule is O=C(NCCc1cccnc1)c1cc2n(n1)C[C@H](c1ccc(Br)cc1)OC2. The third-order valence-corrected chi connectivity index (χ3v) is 5.06. The first-order valence-electron chi connectivity index (χ1n) is 8.80. The summed E-state index contributed by atoms with van der Waals surface area (Å²) >= 11 is 3.44. The van der Waals surface area contributed by atoms with Gasteiger partial charge in [-0.3, -0.25) is 14.5 Å². The molecule has 3 heterocycles. The fourth-order valence-electron chi connectivity index (χ4n) is 3.07. The fourth-order valence-corrected chi connectivity index (χ4v) is 3.34. The van der Waals surface area contributed by atoms with Crippen LogP contribution >= 0.6 is 15.9 Å². The van der Waals surface area contributed by atoms with E-state index >= 15 is 0 Å². The van der Waals surface area contributed by atoms with Crippen molar-refractivity contribution in [3.05, 3.63) is 81.8 Å². The molecule has 138 valence electrons. The number of ether oxygens (including phenoxy) is 1. The molecule has 27 heavy (non-hydrogen) atoms. The monoisotopic (exact) mass is 426 g/mol. The Kier molecular flexibility index (Phi) is 5.31. The lowest BCUT2D eigenvalue weighted by atomic mass is 10.1. The van der Waals surface area contributed by atoms with Crippen LogP contribution in [0.25, 0.3) is 0 Å². The minimum atomic E-state index is -0.166. The first-order chi connectivity index (χ1) is 13.2. The number of benzene rings is 1. The van der Waals surface area contributed by atoms with E-state index in [1.54, 1.807) is 18.5 Å². The lowest BCUT2D eigenvalue weighted by molar-refractivity contribution is -0.00120. The number of nitrogens with zero attached hydrogens (tertiary/aromatic N) is 3. The molecule has 0 radical (unpaired) electrons. The molecule has 0 unspecified atom stereocenters. The van der Waals surface area contributed by atoms with E-state index in [-0.39, 0.29) is 12.0 Å². The van der Waals surface area contributed by atoms with E-state index in [1.807, 2.05) is 41.1 Å². The molecular formula is C20H19BrN4O2. The Morgan fingerprint density at radius 2 is 2.15 bits per heavy atom. The van der Waals surface area contributed by atoms with Crippen LogP contribution in [0.15, 0.2) is 59.3 Å². The molecule has 1 aromatic carbocycles. The highest BCUT2D eigenvalue weighted by atomic mass is 79.9. The van der Waals surface area contributed by atoms with E-state index in [4.69, 9.17) is 4.74 Å². The van der Waals surface area contributed by atoms with Crippen LogP contribution in [0.4, 0.5) is 0 Å². The quantitative estimate of drug-likeness (QED) is 0.679. The molecule has 6 nitrogen and oxygen atoms in total. The molecule has 0 saturated carbocycles. The minimum Gasteiger partial charge on any atom is -0.365 e. The fraction of sp³-hybridized carbons (Fsp3) is 0.250. The molecule has 2 aromatic heterocycles. The van der Waals surface area contributed by atoms with Gasteiger partial charge in [-0.25, -0.2) is 0 Å². The standard InChI is InChI=1S/C20H19BrN4O2/c21-16-5-3-15(4-6-16)19-12-25-17(13-27-19)10-18(24-25)20(26)23-9-7-14-2-1-8-22-11-14/h1-6,8,10-11,19H,7,9,12-13H2,(H,23,26)/t19-/m1/s1. The number of rotatable bonds is 5. The highest BCUT2D eigenvalue weighted by molar-refractivity contribution is 9.10. The molecule has 0 saturated heterocycles. The summed E-state index contributed by atoms with van der Waals surface area (Å²) in [6.45, 7) is 1.58. The van der Waals surface area contributed by atoms with Crippen molar-refractivity contribution in [3.8, 4) is 0 Å². The smallest absolute Gasteiger partial charge is 0.271 e. The minimum absolute atomic E-state index is 0.0630. The number of halogens is 1. The second kappa shape index (κ2) is 8.02. The van der Waals surface area contributed by atoms with Crippen molar-refractivity contribution < 1.29 is 9.53 Å². The summed E-state index contributed by atoms with van der Waals surface area (Å²) in [4.78, 5) is 16.5. The van der Waals surface area contributed by atoms with Gasteiger partial charge in [0.05, 0.1) is 18.8 Å². The normalized spacial score (nSPS) is 16.0. The average molecular weight is 427 g/mol. The number of nitrogens with one attached hydrogen (secondary N) is 1. The van der Waals surface area contributed by atoms with Crippen LogP contribution in [-0.4, -0.2) is 27.2 Å². The van der Waals surface area contributed by atoms with Gasteiger partial charge in [-0.05, 0) is 41.8 Å². The Morgan fingerprint density at radius 3 is 2.93 bits per heavy atom. The van der Waals surface area contributed by atoms with E-state index in [0.29, 0.717) is 25.4 Å². The van der Waals surface area contributed by atoms with Gasteiger partial charge in [0.1, 0.15) is 6.10 Å². The number of carbonyl (C=O) groups excluding carboxylic acids is 1. The van der Waals surface area contributed by atoms with Crippen LogP contribution in [0.2, 0.25) is 0 Å². The summed E-state index contributed by atoms with van der Waals surface area (Å²) in [7, 11) is 0. The van der Waals surface area contributed by atoms with Crippen molar-refractivity contribution in [2.75, 3.05) is 6.54 Å². The summed E-state index contributed by atoms with van der Waals surface area (Å²) < 4.78 is 8.85. The highest BCUT2D eigenvalue weighted by Crippen LogP contribution is 2.27. The first-order valence-corrected chi connectivity index (χ1v) is 9.59. The van der Waals surface area contributed by atoms with Gasteiger partial charge in [0.2, 0.25) is 0 Å². The maximum Gasteiger partial charge on any atom is 0.271 e. The zero-order valence-electron chi connectivity index (χ0n) is 14.6. The lowest BCUT2D eigenvalue weighted by Crippen LogP contribution is -2.26. The molecule has 0 fully saturated rings. The number of hydrogen-bond donors (Lipinski definition) is 1. The Morgan fingerprint density at radius 1 is 1.30 bits per heavy atom. The molecule has 0 bridgehead atoms. The van der Waals surface area contributed by atoms with Crippen molar-refractivity contribution in [2.45, 2.75) is 25.7 Å². The number of hydrogen-bond acceptors (Lipinski definition) is 4. The molecule has 1 amide bonds. The van der Waals surface area contributed by atoms with E-state index in [0.717, 1.165) is 27.7 Å². The average Bonchev–Trinajstić information content (AvgIpc) is 3.13. The number of pyridine rings is 1. The topological polar surface area (TPSA) is 69.0 Å². The van der Waals surface area contributed by atoms with Crippen LogP contribution in [0.1, 0.15) is 33.4 Å². The molecule has 0 aliphatic carbocycles. The molecular weight excluding hydrogens is 408 g/mol. The van der Waals surface area contributed by atoms with E-state index in [9.17, 15) is 4.79 Å². The Bertz CT molecular complexity index is 925. The third-order valence-electron chi connectivity index (χ3n) is 4.53. The lowest BCUT2D eigenvalue weighted by Gasteiger charge is -2.24. The maximum absolute atomic E-state index is 12.4. The summed E-state index contributed by atoms with van der Waals surface area (Å²) in [5, 5.41) is 7.39. The summed E-state index contributed by atoms with van der Waals surface area (Å²) in [6, 6.07) is 13.8. The van der Waals surface area contributed by atoms with Gasteiger partial charge in [0.15, 0.2) is 5.69 Å². The highest BCUT2D eigenvalue weighted by Gasteiger charge is 2.24. The van der Waals surface area contributed by atoms with Crippen LogP contribution < -0.4 is 5.32 Å². The van der Waals surface area contributed by atoms with Gasteiger partial charge in [-0.1, -0.05) is 34.1 Å². The van der Waals surface area contributed by atoms with Gasteiger partial charge in [-0.15, -0.1) is 0 Å². The molecule has 1 aliphatic rings. The first kappa shape index (κ1) is 17.9. The van der Waals surface area contributed by atoms with E-state index in [1.165, 1.54) is 0 Å². The van der Waals surface area contributed by atoms with E-state index in [2.05, 4.69) is 31.3 Å². The van der Waals surface area contributed by atoms with Crippen molar-refractivity contribution in [1.29, 1.82) is 0 Å². The Labute approximate surface area is 165 Å². The Hall–Kier alpha value is -2.51. The zero-order valence-corrected chi connectivity index (χ0v) is 16.2. The van der Waals surface area contributed by atoms with Crippen molar-refractivity contribution in [2.24, 2.45) is 0 Å². The van der Waals surface area contributed by atoms with Gasteiger partial charge in [0.25, 0.3) is 5.91 Å². The molecule has 3 aromatic rings. The summed E-state index contributed by atoms with van der Waals surface area (Å²) in [6.07, 6.45) is 4.22. The predicted octanol–water partition coefficient (Wildman–Crippen LogP) is 3.28. The molecule has 1 N–H and O–H groups in total. The van der Waals surface area contributed by atoms with Crippen molar-refractivity contribution >= 4 is 21.8 Å². The number of fused-ring (bicyclic) bond motifs is 1. The molecule has 4 rings (SSSR count). The second-order valence-electron chi connectivity index (χ2n) is 6.42. The third kappa shape index (κ3) is 4.26. The molecule has 7 heteroatoms. The number of carbonyl (C=O) groups is 1. The van der Waals surface area contributed by atoms with Crippen LogP contribution in [-0.2, 0) is 24.3 Å². The van der Waals surface area contributed by atoms with Crippen LogP contribution in [0, 0.1) is 0 Å². The maximum atomic E-state index is 12.4. The zero-order chi connectivity index (χ0) is 18.6. The number of amides is 1. The Balaban J connectivity index is 1.37. The second-order valence-corrected chi connectivity index (χ2v) is 7.34. The molecule has 1 atom stereocenters. The summed E-state index contributed by atoms with van der Waals surface area (Å²) in [5.41, 5.74) is 3.53. The van der Waals surface area contributed by atoms with Crippen LogP contribution in [0.3, 0.4) is 0 Å². The summed E-state index contributed by atoms with van der Waals surface area (Å²) in [5.74, 6) is -0.166. The van der Waals surface area contributed by atoms with Crippen LogP contribution in [0.5, 0.6) is 0 Å². The van der Waals surface area contributed by atoms with Gasteiger partial charge in [0, 0.05) is 23.4 Å². The molecule has 1 aliphatic heterocycles. The van der Waals surface area contributed by atoms with Gasteiger partial charge < -0.3 is 10.1 Å². The largest absolute Gasteiger partial charge is 0.365 e. The predicted molar refractivity (Wildman–Crippen MR) is 104 cm³/mol. The van der Waals surface area contributed by atoms with Gasteiger partial charge in [-0.2, -0.15) is 5.10 Å². The number of aromatic nitrogens is 3. The van der Waals surface area contributed by atoms with Crippen molar-refractivity contribution in [1.82, 2.24) is 20.1 Å². The van der Waals surface area contributed by atoms with Gasteiger partial charge >= 0.3 is 0 Å². The van der Waals surface area contributed by atoms with Crippen molar-refractivity contribution in [3.63, 3.8) is 0 Å². The molecule has 0 spiro atoms.